The minimum Gasteiger partial charge on any atom is -0.545 e. The van der Waals surface area contributed by atoms with Gasteiger partial charge in [0.05, 0.1) is 11.9 Å². The maximum Gasteiger partial charge on any atom is 0.0643 e. The van der Waals surface area contributed by atoms with Gasteiger partial charge in [0, 0.05) is 0 Å². The molecule has 22 heavy (non-hydrogen) atoms. The molecule has 0 aliphatic carbocycles. The summed E-state index contributed by atoms with van der Waals surface area (Å²) in [6.07, 6.45) is 0.769. The van der Waals surface area contributed by atoms with Gasteiger partial charge in [0.1, 0.15) is 0 Å². The Hall–Kier alpha value is 0.277. The molecule has 0 saturated heterocycles. The van der Waals surface area contributed by atoms with Gasteiger partial charge < -0.3 is 19.8 Å². The van der Waals surface area contributed by atoms with Crippen LogP contribution in [0.25, 0.3) is 0 Å². The van der Waals surface area contributed by atoms with Crippen molar-refractivity contribution in [1.82, 2.24) is 0 Å². The van der Waals surface area contributed by atoms with E-state index in [0.717, 1.165) is 0 Å². The SMILES string of the molecule is C[CH2][Sn+]([CH2]C)[CH2]C.C[CH2][Sn+]([CH2]C)[CH2]C.O=C([O-])C=CC(=O)[O-]. The quantitative estimate of drug-likeness (QED) is 0.359. The first-order chi connectivity index (χ1) is 10.3. The van der Waals surface area contributed by atoms with Gasteiger partial charge in [0.2, 0.25) is 0 Å². The fourth-order valence-corrected chi connectivity index (χ4v) is 10.2. The average molecular weight is 526 g/mol. The zero-order chi connectivity index (χ0) is 18.0. The Morgan fingerprint density at radius 1 is 0.636 bits per heavy atom. The smallest absolute Gasteiger partial charge is 0.0643 e. The number of hydrogen-bond acceptors (Lipinski definition) is 4. The molecule has 0 saturated carbocycles. The van der Waals surface area contributed by atoms with E-state index in [1.54, 1.807) is 26.6 Å². The van der Waals surface area contributed by atoms with E-state index in [1.807, 2.05) is 0 Å². The first-order valence-electron chi connectivity index (χ1n) is 8.09. The van der Waals surface area contributed by atoms with Gasteiger partial charge in [-0.05, 0) is 12.2 Å². The van der Waals surface area contributed by atoms with Crippen molar-refractivity contribution < 1.29 is 19.8 Å². The van der Waals surface area contributed by atoms with Crippen LogP contribution in [0.3, 0.4) is 0 Å². The summed E-state index contributed by atoms with van der Waals surface area (Å²) < 4.78 is 9.30. The van der Waals surface area contributed by atoms with Gasteiger partial charge in [0.15, 0.2) is 0 Å². The molecule has 0 spiro atoms. The fraction of sp³-hybridized carbons (Fsp3) is 0.750. The molecule has 128 valence electrons. The molecule has 0 rings (SSSR count). The number of carboxylic acid groups (broad SMARTS) is 2. The van der Waals surface area contributed by atoms with Crippen LogP contribution in [0.5, 0.6) is 0 Å². The summed E-state index contributed by atoms with van der Waals surface area (Å²) in [4.78, 5) is 18.8. The van der Waals surface area contributed by atoms with Crippen molar-refractivity contribution in [3.63, 3.8) is 0 Å². The van der Waals surface area contributed by atoms with Gasteiger partial charge in [-0.2, -0.15) is 0 Å². The van der Waals surface area contributed by atoms with Crippen molar-refractivity contribution in [3.8, 4) is 0 Å². The summed E-state index contributed by atoms with van der Waals surface area (Å²) in [5.41, 5.74) is 0. The first kappa shape index (κ1) is 27.1. The van der Waals surface area contributed by atoms with Crippen molar-refractivity contribution in [3.05, 3.63) is 12.2 Å². The standard InChI is InChI=1S/C4H4O4.6C2H5.2Sn/c5-3(6)1-2-4(7)8;6*1-2;;/h1-2H,(H,5,6)(H,7,8);6*1H2,2H3;;/q;;;;;;;2*+1/p-2. The van der Waals surface area contributed by atoms with Gasteiger partial charge in [-0.15, -0.1) is 0 Å². The van der Waals surface area contributed by atoms with Crippen molar-refractivity contribution in [2.75, 3.05) is 0 Å². The predicted octanol–water partition coefficient (Wildman–Crippen LogP) is 2.12. The molecule has 0 amide bonds. The van der Waals surface area contributed by atoms with Crippen LogP contribution in [0.2, 0.25) is 26.6 Å². The van der Waals surface area contributed by atoms with E-state index in [0.29, 0.717) is 12.2 Å². The Labute approximate surface area is 150 Å². The molecule has 0 aromatic carbocycles. The van der Waals surface area contributed by atoms with E-state index in [4.69, 9.17) is 0 Å². The van der Waals surface area contributed by atoms with E-state index in [9.17, 15) is 19.8 Å². The summed E-state index contributed by atoms with van der Waals surface area (Å²) in [5, 5.41) is 18.8. The molecule has 0 unspecified atom stereocenters. The number of hydrogen-bond donors (Lipinski definition) is 0. The summed E-state index contributed by atoms with van der Waals surface area (Å²) in [7, 11) is 0. The molecule has 0 aromatic rings. The van der Waals surface area contributed by atoms with Crippen molar-refractivity contribution in [2.24, 2.45) is 0 Å². The molecular formula is C16H32O4Sn2. The first-order valence-corrected chi connectivity index (χ1v) is 20.2. The van der Waals surface area contributed by atoms with E-state index in [-0.39, 0.29) is 0 Å². The number of rotatable bonds is 8. The molecular weight excluding hydrogens is 494 g/mol. The molecule has 4 nitrogen and oxygen atoms in total. The predicted molar refractivity (Wildman–Crippen MR) is 93.5 cm³/mol. The van der Waals surface area contributed by atoms with Crippen molar-refractivity contribution in [1.29, 1.82) is 0 Å². The van der Waals surface area contributed by atoms with Crippen LogP contribution in [-0.4, -0.2) is 51.5 Å². The zero-order valence-electron chi connectivity index (χ0n) is 15.0. The van der Waals surface area contributed by atoms with Crippen LogP contribution in [0, 0.1) is 0 Å². The third kappa shape index (κ3) is 25.2. The van der Waals surface area contributed by atoms with Crippen molar-refractivity contribution >= 4 is 51.5 Å². The molecule has 0 aromatic heterocycles. The zero-order valence-corrected chi connectivity index (χ0v) is 20.7. The second-order valence-electron chi connectivity index (χ2n) is 4.59. The Morgan fingerprint density at radius 3 is 0.864 bits per heavy atom. The van der Waals surface area contributed by atoms with Crippen LogP contribution in [0.1, 0.15) is 41.5 Å². The summed E-state index contributed by atoms with van der Waals surface area (Å²) in [6.45, 7) is 14.1. The maximum absolute atomic E-state index is 9.41. The summed E-state index contributed by atoms with van der Waals surface area (Å²) in [6, 6.07) is 0. The Balaban J connectivity index is -0.000000247. The van der Waals surface area contributed by atoms with Gasteiger partial charge >= 0.3 is 108 Å². The van der Waals surface area contributed by atoms with Crippen LogP contribution in [-0.2, 0) is 9.59 Å². The topological polar surface area (TPSA) is 80.3 Å². The minimum atomic E-state index is -1.55. The van der Waals surface area contributed by atoms with Gasteiger partial charge in [-0.1, -0.05) is 0 Å². The molecule has 6 heteroatoms. The summed E-state index contributed by atoms with van der Waals surface area (Å²) >= 11 is -1.31. The van der Waals surface area contributed by atoms with Crippen molar-refractivity contribution in [2.45, 2.75) is 68.2 Å². The third-order valence-electron chi connectivity index (χ3n) is 3.36. The second-order valence-corrected chi connectivity index (χ2v) is 25.3. The number of carbonyl (C=O) groups is 2. The molecule has 0 bridgehead atoms. The molecule has 0 fully saturated rings. The normalized spacial score (nSPS) is 9.18. The molecule has 0 aliphatic rings. The van der Waals surface area contributed by atoms with Gasteiger partial charge in [-0.3, -0.25) is 0 Å². The molecule has 0 atom stereocenters. The number of carbonyl (C=O) groups excluding carboxylic acids is 2. The number of carboxylic acids is 2. The molecule has 0 radical (unpaired) electrons. The van der Waals surface area contributed by atoms with Crippen LogP contribution >= 0.6 is 0 Å². The van der Waals surface area contributed by atoms with Crippen LogP contribution in [0.4, 0.5) is 0 Å². The minimum absolute atomic E-state index is 0.384. The third-order valence-corrected chi connectivity index (χ3v) is 20.5. The van der Waals surface area contributed by atoms with E-state index in [1.165, 1.54) is 0 Å². The van der Waals surface area contributed by atoms with Crippen LogP contribution in [0.15, 0.2) is 12.2 Å². The second kappa shape index (κ2) is 21.3. The molecule has 0 heterocycles. The number of aliphatic carboxylic acids is 2. The van der Waals surface area contributed by atoms with Crippen LogP contribution < -0.4 is 10.2 Å². The fourth-order valence-electron chi connectivity index (χ4n) is 1.64. The summed E-state index contributed by atoms with van der Waals surface area (Å²) in [5.74, 6) is -3.09. The van der Waals surface area contributed by atoms with E-state index in [2.05, 4.69) is 41.5 Å². The van der Waals surface area contributed by atoms with Gasteiger partial charge in [0.25, 0.3) is 0 Å². The maximum atomic E-state index is 9.41. The average Bonchev–Trinajstić information content (AvgIpc) is 2.50. The van der Waals surface area contributed by atoms with E-state index >= 15 is 0 Å². The van der Waals surface area contributed by atoms with E-state index < -0.39 is 51.5 Å². The monoisotopic (exact) mass is 528 g/mol. The molecule has 0 N–H and O–H groups in total. The Bertz CT molecular complexity index is 247. The van der Waals surface area contributed by atoms with Gasteiger partial charge in [-0.25, -0.2) is 0 Å². The Kier molecular flexibility index (Phi) is 26.2. The molecule has 0 aliphatic heterocycles. The Morgan fingerprint density at radius 2 is 0.818 bits per heavy atom. The largest absolute Gasteiger partial charge is 0.545 e.